The van der Waals surface area contributed by atoms with Crippen LogP contribution >= 0.6 is 15.9 Å². The minimum atomic E-state index is -1.04. The van der Waals surface area contributed by atoms with Crippen LogP contribution in [0.2, 0.25) is 0 Å². The molecule has 128 valence electrons. The molecule has 0 atom stereocenters. The standard InChI is InChI=1S/C18H16BrN3O3/c1-9-6-13(19)16-20-11(3)15(22(16)8-9)17(23)21-14-7-12(18(24)25)5-4-10(14)2/h4-8H,1-3H3,(H,21,23)(H,24,25). The first-order valence-electron chi connectivity index (χ1n) is 7.58. The number of carbonyl (C=O) groups excluding carboxylic acids is 1. The Balaban J connectivity index is 2.05. The highest BCUT2D eigenvalue weighted by Gasteiger charge is 2.19. The number of imidazole rings is 1. The van der Waals surface area contributed by atoms with Crippen molar-refractivity contribution >= 4 is 39.1 Å². The summed E-state index contributed by atoms with van der Waals surface area (Å²) in [4.78, 5) is 28.4. The molecule has 0 saturated heterocycles. The van der Waals surface area contributed by atoms with Gasteiger partial charge in [-0.15, -0.1) is 0 Å². The minimum absolute atomic E-state index is 0.120. The van der Waals surface area contributed by atoms with Crippen LogP contribution < -0.4 is 5.32 Å². The molecule has 0 fully saturated rings. The summed E-state index contributed by atoms with van der Waals surface area (Å²) in [7, 11) is 0. The topological polar surface area (TPSA) is 83.7 Å². The number of halogens is 1. The van der Waals surface area contributed by atoms with Gasteiger partial charge in [0.2, 0.25) is 0 Å². The Morgan fingerprint density at radius 3 is 2.60 bits per heavy atom. The Morgan fingerprint density at radius 2 is 1.92 bits per heavy atom. The van der Waals surface area contributed by atoms with E-state index in [0.29, 0.717) is 22.7 Å². The van der Waals surface area contributed by atoms with Crippen molar-refractivity contribution in [2.75, 3.05) is 5.32 Å². The molecule has 0 aliphatic rings. The number of fused-ring (bicyclic) bond motifs is 1. The van der Waals surface area contributed by atoms with Gasteiger partial charge in [0, 0.05) is 11.9 Å². The van der Waals surface area contributed by atoms with Crippen molar-refractivity contribution in [3.05, 3.63) is 63.0 Å². The molecule has 0 saturated carbocycles. The maximum Gasteiger partial charge on any atom is 0.335 e. The molecule has 0 spiro atoms. The predicted molar refractivity (Wildman–Crippen MR) is 98.5 cm³/mol. The molecule has 0 aliphatic carbocycles. The molecule has 3 rings (SSSR count). The predicted octanol–water partition coefficient (Wildman–Crippen LogP) is 3.97. The molecule has 6 nitrogen and oxygen atoms in total. The number of nitrogens with zero attached hydrogens (tertiary/aromatic N) is 2. The number of hydrogen-bond acceptors (Lipinski definition) is 3. The largest absolute Gasteiger partial charge is 0.478 e. The van der Waals surface area contributed by atoms with Gasteiger partial charge in [-0.1, -0.05) is 6.07 Å². The number of rotatable bonds is 3. The van der Waals surface area contributed by atoms with Gasteiger partial charge in [0.15, 0.2) is 5.65 Å². The zero-order valence-corrected chi connectivity index (χ0v) is 15.5. The Bertz CT molecular complexity index is 1020. The van der Waals surface area contributed by atoms with Crippen molar-refractivity contribution in [3.8, 4) is 0 Å². The van der Waals surface area contributed by atoms with Gasteiger partial charge in [0.1, 0.15) is 5.69 Å². The van der Waals surface area contributed by atoms with E-state index < -0.39 is 5.97 Å². The summed E-state index contributed by atoms with van der Waals surface area (Å²) in [5.41, 5.74) is 4.01. The lowest BCUT2D eigenvalue weighted by atomic mass is 10.1. The van der Waals surface area contributed by atoms with Crippen LogP contribution in [0.4, 0.5) is 5.69 Å². The molecular formula is C18H16BrN3O3. The van der Waals surface area contributed by atoms with Crippen molar-refractivity contribution in [3.63, 3.8) is 0 Å². The average molecular weight is 402 g/mol. The van der Waals surface area contributed by atoms with Crippen LogP contribution in [0.5, 0.6) is 0 Å². The molecule has 1 amide bonds. The van der Waals surface area contributed by atoms with Crippen LogP contribution in [0.1, 0.15) is 37.7 Å². The molecule has 0 aliphatic heterocycles. The molecule has 7 heteroatoms. The fourth-order valence-corrected chi connectivity index (χ4v) is 3.33. The molecule has 2 heterocycles. The van der Waals surface area contributed by atoms with E-state index in [2.05, 4.69) is 26.2 Å². The van der Waals surface area contributed by atoms with Crippen LogP contribution in [0.3, 0.4) is 0 Å². The highest BCUT2D eigenvalue weighted by atomic mass is 79.9. The third-order valence-electron chi connectivity index (χ3n) is 3.93. The fraction of sp³-hybridized carbons (Fsp3) is 0.167. The molecule has 25 heavy (non-hydrogen) atoms. The lowest BCUT2D eigenvalue weighted by Crippen LogP contribution is -2.17. The molecule has 0 unspecified atom stereocenters. The van der Waals surface area contributed by atoms with Crippen molar-refractivity contribution in [2.24, 2.45) is 0 Å². The van der Waals surface area contributed by atoms with Gasteiger partial charge in [-0.25, -0.2) is 9.78 Å². The van der Waals surface area contributed by atoms with Gasteiger partial charge < -0.3 is 10.4 Å². The number of carboxylic acids is 1. The van der Waals surface area contributed by atoms with Crippen molar-refractivity contribution in [1.82, 2.24) is 9.38 Å². The van der Waals surface area contributed by atoms with Crippen LogP contribution in [0, 0.1) is 20.8 Å². The second-order valence-electron chi connectivity index (χ2n) is 5.89. The molecule has 0 radical (unpaired) electrons. The highest BCUT2D eigenvalue weighted by molar-refractivity contribution is 9.10. The van der Waals surface area contributed by atoms with Gasteiger partial charge in [-0.2, -0.15) is 0 Å². The number of aromatic carboxylic acids is 1. The molecule has 1 aromatic carbocycles. The summed E-state index contributed by atoms with van der Waals surface area (Å²) in [6, 6.07) is 6.56. The van der Waals surface area contributed by atoms with E-state index in [9.17, 15) is 9.59 Å². The number of carboxylic acid groups (broad SMARTS) is 1. The quantitative estimate of drug-likeness (QED) is 0.695. The molecule has 3 aromatic rings. The first kappa shape index (κ1) is 17.2. The summed E-state index contributed by atoms with van der Waals surface area (Å²) in [6.45, 7) is 5.51. The van der Waals surface area contributed by atoms with E-state index in [1.807, 2.05) is 26.1 Å². The van der Waals surface area contributed by atoms with E-state index >= 15 is 0 Å². The van der Waals surface area contributed by atoms with Gasteiger partial charge in [0.05, 0.1) is 15.7 Å². The van der Waals surface area contributed by atoms with Crippen molar-refractivity contribution < 1.29 is 14.7 Å². The molecule has 2 aromatic heterocycles. The number of aryl methyl sites for hydroxylation is 3. The van der Waals surface area contributed by atoms with Crippen LogP contribution in [-0.2, 0) is 0 Å². The summed E-state index contributed by atoms with van der Waals surface area (Å²) < 4.78 is 2.54. The molecule has 0 bridgehead atoms. The lowest BCUT2D eigenvalue weighted by Gasteiger charge is -2.10. The van der Waals surface area contributed by atoms with Gasteiger partial charge in [0.25, 0.3) is 5.91 Å². The van der Waals surface area contributed by atoms with E-state index in [-0.39, 0.29) is 11.5 Å². The number of aromatic nitrogens is 2. The number of benzene rings is 1. The zero-order valence-electron chi connectivity index (χ0n) is 13.9. The first-order chi connectivity index (χ1) is 11.8. The number of hydrogen-bond donors (Lipinski definition) is 2. The minimum Gasteiger partial charge on any atom is -0.478 e. The SMILES string of the molecule is Cc1cc(Br)c2nc(C)c(C(=O)Nc3cc(C(=O)O)ccc3C)n2c1. The second-order valence-corrected chi connectivity index (χ2v) is 6.75. The fourth-order valence-electron chi connectivity index (χ4n) is 2.69. The normalized spacial score (nSPS) is 10.9. The van der Waals surface area contributed by atoms with Gasteiger partial charge >= 0.3 is 5.97 Å². The van der Waals surface area contributed by atoms with E-state index in [1.54, 1.807) is 17.4 Å². The lowest BCUT2D eigenvalue weighted by molar-refractivity contribution is 0.0696. The summed E-state index contributed by atoms with van der Waals surface area (Å²) in [5, 5.41) is 11.9. The number of pyridine rings is 1. The van der Waals surface area contributed by atoms with Gasteiger partial charge in [-0.05, 0) is 66.0 Å². The molecular weight excluding hydrogens is 386 g/mol. The zero-order chi connectivity index (χ0) is 18.3. The van der Waals surface area contributed by atoms with E-state index in [1.165, 1.54) is 12.1 Å². The first-order valence-corrected chi connectivity index (χ1v) is 8.37. The van der Waals surface area contributed by atoms with Crippen LogP contribution in [-0.4, -0.2) is 26.4 Å². The summed E-state index contributed by atoms with van der Waals surface area (Å²) in [5.74, 6) is -1.38. The van der Waals surface area contributed by atoms with E-state index in [4.69, 9.17) is 5.11 Å². The summed E-state index contributed by atoms with van der Waals surface area (Å²) >= 11 is 3.47. The Labute approximate surface area is 152 Å². The third kappa shape index (κ3) is 3.15. The average Bonchev–Trinajstić information content (AvgIpc) is 2.85. The van der Waals surface area contributed by atoms with E-state index in [0.717, 1.165) is 15.6 Å². The Kier molecular flexibility index (Phi) is 4.34. The maximum atomic E-state index is 12.8. The summed E-state index contributed by atoms with van der Waals surface area (Å²) in [6.07, 6.45) is 1.84. The Morgan fingerprint density at radius 1 is 1.20 bits per heavy atom. The highest BCUT2D eigenvalue weighted by Crippen LogP contribution is 2.24. The van der Waals surface area contributed by atoms with Crippen LogP contribution in [0.15, 0.2) is 34.9 Å². The monoisotopic (exact) mass is 401 g/mol. The number of amides is 1. The van der Waals surface area contributed by atoms with Gasteiger partial charge in [-0.3, -0.25) is 9.20 Å². The van der Waals surface area contributed by atoms with Crippen molar-refractivity contribution in [1.29, 1.82) is 0 Å². The molecule has 2 N–H and O–H groups in total. The Hall–Kier alpha value is -2.67. The number of anilines is 1. The van der Waals surface area contributed by atoms with Crippen LogP contribution in [0.25, 0.3) is 5.65 Å². The van der Waals surface area contributed by atoms with Crippen molar-refractivity contribution in [2.45, 2.75) is 20.8 Å². The maximum absolute atomic E-state index is 12.8. The second kappa shape index (κ2) is 6.33. The number of carbonyl (C=O) groups is 2. The smallest absolute Gasteiger partial charge is 0.335 e. The third-order valence-corrected chi connectivity index (χ3v) is 4.52. The number of nitrogens with one attached hydrogen (secondary N) is 1.